The van der Waals surface area contributed by atoms with Crippen molar-refractivity contribution in [3.63, 3.8) is 0 Å². The number of anilines is 1. The van der Waals surface area contributed by atoms with Crippen LogP contribution in [0.15, 0.2) is 18.6 Å². The van der Waals surface area contributed by atoms with E-state index in [1.165, 1.54) is 12.2 Å². The quantitative estimate of drug-likeness (QED) is 0.870. The topological polar surface area (TPSA) is 47.0 Å². The molecule has 2 fully saturated rings. The minimum Gasteiger partial charge on any atom is -0.374 e. The molecule has 4 nitrogen and oxygen atoms in total. The Balaban J connectivity index is 1.64. The van der Waals surface area contributed by atoms with Gasteiger partial charge in [0.1, 0.15) is 5.82 Å². The van der Waals surface area contributed by atoms with Crippen LogP contribution in [-0.2, 0) is 4.74 Å². The van der Waals surface area contributed by atoms with Gasteiger partial charge in [0.05, 0.1) is 11.8 Å². The summed E-state index contributed by atoms with van der Waals surface area (Å²) in [5.41, 5.74) is 0.128. The van der Waals surface area contributed by atoms with Crippen molar-refractivity contribution in [1.82, 2.24) is 9.97 Å². The molecular weight excluding hydrogens is 234 g/mol. The average Bonchev–Trinajstić information content (AvgIpc) is 2.79. The molecule has 0 radical (unpaired) electrons. The van der Waals surface area contributed by atoms with Gasteiger partial charge in [-0.1, -0.05) is 0 Å². The summed E-state index contributed by atoms with van der Waals surface area (Å²) in [6.07, 6.45) is 8.55. The molecule has 2 aliphatic heterocycles. The Kier molecular flexibility index (Phi) is 3.20. The first-order chi connectivity index (χ1) is 8.36. The third kappa shape index (κ3) is 2.55. The Morgan fingerprint density at radius 1 is 1.47 bits per heavy atom. The summed E-state index contributed by atoms with van der Waals surface area (Å²) in [4.78, 5) is 8.35. The van der Waals surface area contributed by atoms with Crippen LogP contribution in [0.4, 0.5) is 5.82 Å². The van der Waals surface area contributed by atoms with Crippen LogP contribution in [0, 0.1) is 0 Å². The molecule has 2 saturated heterocycles. The van der Waals surface area contributed by atoms with Gasteiger partial charge in [-0.2, -0.15) is 11.8 Å². The van der Waals surface area contributed by atoms with Crippen molar-refractivity contribution in [2.75, 3.05) is 23.4 Å². The van der Waals surface area contributed by atoms with E-state index >= 15 is 0 Å². The SMILES string of the molecule is c1cnc(N[C@@H]2CCO[C@@]3(CCSC3)C2)cn1. The normalized spacial score (nSPS) is 32.8. The maximum absolute atomic E-state index is 6.00. The van der Waals surface area contributed by atoms with E-state index in [1.54, 1.807) is 18.6 Å². The lowest BCUT2D eigenvalue weighted by molar-refractivity contribution is -0.0628. The fourth-order valence-corrected chi connectivity index (χ4v) is 3.98. The number of thioether (sulfide) groups is 1. The summed E-state index contributed by atoms with van der Waals surface area (Å²) >= 11 is 2.01. The predicted octanol–water partition coefficient (Wildman–Crippen LogP) is 1.94. The molecule has 1 spiro atoms. The minimum atomic E-state index is 0.128. The van der Waals surface area contributed by atoms with Crippen LogP contribution in [-0.4, -0.2) is 39.7 Å². The van der Waals surface area contributed by atoms with E-state index in [0.717, 1.165) is 31.0 Å². The molecule has 92 valence electrons. The second-order valence-corrected chi connectivity index (χ2v) is 5.86. The summed E-state index contributed by atoms with van der Waals surface area (Å²) < 4.78 is 6.00. The second-order valence-electron chi connectivity index (χ2n) is 4.76. The third-order valence-corrected chi connectivity index (χ3v) is 4.70. The summed E-state index contributed by atoms with van der Waals surface area (Å²) in [5, 5.41) is 3.47. The Morgan fingerprint density at radius 3 is 3.24 bits per heavy atom. The van der Waals surface area contributed by atoms with E-state index in [9.17, 15) is 0 Å². The molecule has 2 atom stereocenters. The highest BCUT2D eigenvalue weighted by molar-refractivity contribution is 7.99. The smallest absolute Gasteiger partial charge is 0.144 e. The van der Waals surface area contributed by atoms with Crippen LogP contribution in [0.25, 0.3) is 0 Å². The summed E-state index contributed by atoms with van der Waals surface area (Å²) in [5.74, 6) is 3.25. The lowest BCUT2D eigenvalue weighted by Gasteiger charge is -2.38. The highest BCUT2D eigenvalue weighted by atomic mass is 32.2. The maximum atomic E-state index is 6.00. The Bertz CT molecular complexity index is 367. The van der Waals surface area contributed by atoms with Crippen molar-refractivity contribution >= 4 is 17.6 Å². The van der Waals surface area contributed by atoms with E-state index < -0.39 is 0 Å². The zero-order valence-corrected chi connectivity index (χ0v) is 10.6. The van der Waals surface area contributed by atoms with Gasteiger partial charge in [-0.05, 0) is 25.0 Å². The third-order valence-electron chi connectivity index (χ3n) is 3.48. The molecule has 0 amide bonds. The molecule has 3 rings (SSSR count). The van der Waals surface area contributed by atoms with Crippen LogP contribution in [0.1, 0.15) is 19.3 Å². The van der Waals surface area contributed by atoms with Gasteiger partial charge in [-0.15, -0.1) is 0 Å². The van der Waals surface area contributed by atoms with E-state index in [4.69, 9.17) is 4.74 Å². The number of nitrogens with one attached hydrogen (secondary N) is 1. The van der Waals surface area contributed by atoms with Crippen LogP contribution in [0.5, 0.6) is 0 Å². The molecule has 1 N–H and O–H groups in total. The van der Waals surface area contributed by atoms with Gasteiger partial charge in [0.15, 0.2) is 0 Å². The van der Waals surface area contributed by atoms with E-state index in [0.29, 0.717) is 6.04 Å². The van der Waals surface area contributed by atoms with Crippen LogP contribution in [0.3, 0.4) is 0 Å². The second kappa shape index (κ2) is 4.82. The molecule has 0 bridgehead atoms. The van der Waals surface area contributed by atoms with Gasteiger partial charge < -0.3 is 10.1 Å². The van der Waals surface area contributed by atoms with Crippen molar-refractivity contribution in [3.05, 3.63) is 18.6 Å². The Hall–Kier alpha value is -0.810. The van der Waals surface area contributed by atoms with Crippen molar-refractivity contribution in [2.24, 2.45) is 0 Å². The zero-order valence-electron chi connectivity index (χ0n) is 9.76. The number of ether oxygens (including phenoxy) is 1. The van der Waals surface area contributed by atoms with Gasteiger partial charge in [-0.25, -0.2) is 4.98 Å². The van der Waals surface area contributed by atoms with Crippen molar-refractivity contribution in [1.29, 1.82) is 0 Å². The zero-order chi connectivity index (χ0) is 11.6. The molecule has 0 unspecified atom stereocenters. The van der Waals surface area contributed by atoms with Crippen molar-refractivity contribution < 1.29 is 4.74 Å². The van der Waals surface area contributed by atoms with Gasteiger partial charge >= 0.3 is 0 Å². The molecule has 2 aliphatic rings. The fourth-order valence-electron chi connectivity index (χ4n) is 2.60. The van der Waals surface area contributed by atoms with Gasteiger partial charge in [-0.3, -0.25) is 4.98 Å². The molecule has 17 heavy (non-hydrogen) atoms. The maximum Gasteiger partial charge on any atom is 0.144 e. The van der Waals surface area contributed by atoms with Gasteiger partial charge in [0.2, 0.25) is 0 Å². The van der Waals surface area contributed by atoms with E-state index in [-0.39, 0.29) is 5.60 Å². The van der Waals surface area contributed by atoms with Crippen molar-refractivity contribution in [2.45, 2.75) is 30.9 Å². The molecule has 0 aliphatic carbocycles. The van der Waals surface area contributed by atoms with Gasteiger partial charge in [0.25, 0.3) is 0 Å². The van der Waals surface area contributed by atoms with Crippen molar-refractivity contribution in [3.8, 4) is 0 Å². The minimum absolute atomic E-state index is 0.128. The number of hydrogen-bond acceptors (Lipinski definition) is 5. The van der Waals surface area contributed by atoms with Crippen LogP contribution < -0.4 is 5.32 Å². The fraction of sp³-hybridized carbons (Fsp3) is 0.667. The molecule has 5 heteroatoms. The van der Waals surface area contributed by atoms with Gasteiger partial charge in [0, 0.05) is 30.8 Å². The monoisotopic (exact) mass is 251 g/mol. The summed E-state index contributed by atoms with van der Waals surface area (Å²) in [7, 11) is 0. The van der Waals surface area contributed by atoms with E-state index in [1.807, 2.05) is 11.8 Å². The molecule has 1 aromatic heterocycles. The number of nitrogens with zero attached hydrogens (tertiary/aromatic N) is 2. The average molecular weight is 251 g/mol. The summed E-state index contributed by atoms with van der Waals surface area (Å²) in [6.45, 7) is 0.860. The Morgan fingerprint density at radius 2 is 2.47 bits per heavy atom. The molecule has 1 aromatic rings. The summed E-state index contributed by atoms with van der Waals surface area (Å²) in [6, 6.07) is 0.471. The van der Waals surface area contributed by atoms with E-state index in [2.05, 4.69) is 15.3 Å². The first-order valence-corrected chi connectivity index (χ1v) is 7.26. The molecule has 0 saturated carbocycles. The lowest BCUT2D eigenvalue weighted by Crippen LogP contribution is -2.44. The highest BCUT2D eigenvalue weighted by Gasteiger charge is 2.40. The standard InChI is InChI=1S/C12H17N3OS/c1-5-16-12(2-6-17-9-12)7-10(1)15-11-8-13-3-4-14-11/h3-4,8,10H,1-2,5-7,9H2,(H,14,15)/t10-,12+/m1/s1. The van der Waals surface area contributed by atoms with Crippen LogP contribution in [0.2, 0.25) is 0 Å². The first kappa shape index (κ1) is 11.3. The molecular formula is C12H17N3OS. The Labute approximate surface area is 106 Å². The number of aromatic nitrogens is 2. The highest BCUT2D eigenvalue weighted by Crippen LogP contribution is 2.38. The lowest BCUT2D eigenvalue weighted by atomic mass is 9.90. The number of rotatable bonds is 2. The number of hydrogen-bond donors (Lipinski definition) is 1. The molecule has 0 aromatic carbocycles. The van der Waals surface area contributed by atoms with Crippen LogP contribution >= 0.6 is 11.8 Å². The molecule has 3 heterocycles. The first-order valence-electron chi connectivity index (χ1n) is 6.11. The largest absolute Gasteiger partial charge is 0.374 e. The predicted molar refractivity (Wildman–Crippen MR) is 69.3 cm³/mol.